The molecule has 0 aromatic carbocycles. The van der Waals surface area contributed by atoms with E-state index in [1.807, 2.05) is 0 Å². The molecule has 13 heavy (non-hydrogen) atoms. The molecule has 0 amide bonds. The minimum atomic E-state index is -1.02. The van der Waals surface area contributed by atoms with Gasteiger partial charge >= 0.3 is 6.17 Å². The SMILES string of the molecule is C=CNC(c1ccccn1)[N+](=O)[O-]. The van der Waals surface area contributed by atoms with E-state index in [1.54, 1.807) is 18.2 Å². The smallest absolute Gasteiger partial charge is 0.326 e. The molecule has 0 fully saturated rings. The van der Waals surface area contributed by atoms with Crippen molar-refractivity contribution in [1.29, 1.82) is 0 Å². The Morgan fingerprint density at radius 1 is 1.69 bits per heavy atom. The molecule has 1 atom stereocenters. The molecule has 0 spiro atoms. The molecule has 0 aliphatic heterocycles. The van der Waals surface area contributed by atoms with Gasteiger partial charge in [-0.05, 0) is 18.3 Å². The van der Waals surface area contributed by atoms with E-state index in [9.17, 15) is 10.1 Å². The zero-order valence-corrected chi connectivity index (χ0v) is 6.88. The van der Waals surface area contributed by atoms with E-state index in [2.05, 4.69) is 16.9 Å². The van der Waals surface area contributed by atoms with Crippen molar-refractivity contribution in [2.24, 2.45) is 0 Å². The molecule has 1 aromatic heterocycles. The lowest BCUT2D eigenvalue weighted by Gasteiger charge is -2.07. The van der Waals surface area contributed by atoms with E-state index in [0.717, 1.165) is 0 Å². The van der Waals surface area contributed by atoms with E-state index in [1.165, 1.54) is 12.4 Å². The molecule has 1 unspecified atom stereocenters. The van der Waals surface area contributed by atoms with Gasteiger partial charge in [0.05, 0.1) is 4.92 Å². The molecule has 0 saturated heterocycles. The summed E-state index contributed by atoms with van der Waals surface area (Å²) < 4.78 is 0. The van der Waals surface area contributed by atoms with Crippen LogP contribution in [0.25, 0.3) is 0 Å². The van der Waals surface area contributed by atoms with Crippen molar-refractivity contribution in [1.82, 2.24) is 10.3 Å². The first-order chi connectivity index (χ1) is 6.25. The summed E-state index contributed by atoms with van der Waals surface area (Å²) >= 11 is 0. The summed E-state index contributed by atoms with van der Waals surface area (Å²) in [5.41, 5.74) is 0.368. The van der Waals surface area contributed by atoms with Crippen molar-refractivity contribution in [2.75, 3.05) is 0 Å². The Morgan fingerprint density at radius 2 is 2.46 bits per heavy atom. The summed E-state index contributed by atoms with van der Waals surface area (Å²) in [6.45, 7) is 3.37. The predicted molar refractivity (Wildman–Crippen MR) is 47.3 cm³/mol. The maximum absolute atomic E-state index is 10.5. The lowest BCUT2D eigenvalue weighted by Crippen LogP contribution is -2.24. The van der Waals surface area contributed by atoms with Crippen molar-refractivity contribution < 1.29 is 4.92 Å². The van der Waals surface area contributed by atoms with Gasteiger partial charge in [0.15, 0.2) is 0 Å². The molecule has 5 heteroatoms. The van der Waals surface area contributed by atoms with Crippen molar-refractivity contribution in [3.8, 4) is 0 Å². The van der Waals surface area contributed by atoms with Crippen molar-refractivity contribution in [3.05, 3.63) is 53.0 Å². The van der Waals surface area contributed by atoms with E-state index in [-0.39, 0.29) is 0 Å². The normalized spacial score (nSPS) is 11.7. The Bertz CT molecular complexity index is 300. The van der Waals surface area contributed by atoms with Crippen LogP contribution in [-0.2, 0) is 0 Å². The van der Waals surface area contributed by atoms with Crippen LogP contribution in [0.5, 0.6) is 0 Å². The molecule has 0 bridgehead atoms. The van der Waals surface area contributed by atoms with E-state index in [0.29, 0.717) is 5.69 Å². The third-order valence-electron chi connectivity index (χ3n) is 1.45. The Morgan fingerprint density at radius 3 is 2.92 bits per heavy atom. The van der Waals surface area contributed by atoms with Crippen molar-refractivity contribution in [3.63, 3.8) is 0 Å². The van der Waals surface area contributed by atoms with E-state index < -0.39 is 11.1 Å². The van der Waals surface area contributed by atoms with Crippen LogP contribution in [0.3, 0.4) is 0 Å². The van der Waals surface area contributed by atoms with Crippen LogP contribution in [0, 0.1) is 10.1 Å². The number of nitrogens with zero attached hydrogens (tertiary/aromatic N) is 2. The Kier molecular flexibility index (Phi) is 2.97. The highest BCUT2D eigenvalue weighted by Crippen LogP contribution is 2.08. The van der Waals surface area contributed by atoms with Gasteiger partial charge in [-0.15, -0.1) is 0 Å². The van der Waals surface area contributed by atoms with Gasteiger partial charge in [-0.2, -0.15) is 0 Å². The quantitative estimate of drug-likeness (QED) is 0.426. The maximum atomic E-state index is 10.5. The fourth-order valence-electron chi connectivity index (χ4n) is 0.904. The average Bonchev–Trinajstić information content (AvgIpc) is 2.15. The van der Waals surface area contributed by atoms with Gasteiger partial charge in [-0.25, -0.2) is 0 Å². The van der Waals surface area contributed by atoms with Crippen LogP contribution >= 0.6 is 0 Å². The Balaban J connectivity index is 2.88. The van der Waals surface area contributed by atoms with Gasteiger partial charge in [-0.3, -0.25) is 15.1 Å². The molecule has 1 heterocycles. The monoisotopic (exact) mass is 179 g/mol. The summed E-state index contributed by atoms with van der Waals surface area (Å²) in [5, 5.41) is 13.0. The summed E-state index contributed by atoms with van der Waals surface area (Å²) in [6.07, 6.45) is 1.78. The first-order valence-corrected chi connectivity index (χ1v) is 3.67. The van der Waals surface area contributed by atoms with Gasteiger partial charge in [0.1, 0.15) is 5.69 Å². The van der Waals surface area contributed by atoms with Gasteiger partial charge < -0.3 is 5.32 Å². The maximum Gasteiger partial charge on any atom is 0.326 e. The summed E-state index contributed by atoms with van der Waals surface area (Å²) in [5.74, 6) is 0. The highest BCUT2D eigenvalue weighted by Gasteiger charge is 2.21. The van der Waals surface area contributed by atoms with Crippen LogP contribution < -0.4 is 5.32 Å². The molecule has 68 valence electrons. The average molecular weight is 179 g/mol. The highest BCUT2D eigenvalue weighted by molar-refractivity contribution is 5.06. The highest BCUT2D eigenvalue weighted by atomic mass is 16.6. The zero-order valence-electron chi connectivity index (χ0n) is 6.88. The van der Waals surface area contributed by atoms with Gasteiger partial charge in [0.25, 0.3) is 0 Å². The number of pyridine rings is 1. The number of hydrogen-bond donors (Lipinski definition) is 1. The van der Waals surface area contributed by atoms with Crippen LogP contribution in [0.4, 0.5) is 0 Å². The predicted octanol–water partition coefficient (Wildman–Crippen LogP) is 1.09. The lowest BCUT2D eigenvalue weighted by atomic mass is 10.3. The molecule has 1 N–H and O–H groups in total. The third kappa shape index (κ3) is 2.26. The third-order valence-corrected chi connectivity index (χ3v) is 1.45. The molecule has 0 radical (unpaired) electrons. The van der Waals surface area contributed by atoms with Crippen molar-refractivity contribution >= 4 is 0 Å². The summed E-state index contributed by atoms with van der Waals surface area (Å²) in [7, 11) is 0. The molecular formula is C8H9N3O2. The molecule has 0 saturated carbocycles. The van der Waals surface area contributed by atoms with Crippen LogP contribution in [0.1, 0.15) is 11.9 Å². The zero-order chi connectivity index (χ0) is 9.68. The van der Waals surface area contributed by atoms with Crippen LogP contribution in [0.15, 0.2) is 37.2 Å². The number of nitrogens with one attached hydrogen (secondary N) is 1. The largest absolute Gasteiger partial charge is 0.326 e. The first kappa shape index (κ1) is 9.18. The fourth-order valence-corrected chi connectivity index (χ4v) is 0.904. The van der Waals surface area contributed by atoms with Crippen molar-refractivity contribution in [2.45, 2.75) is 6.17 Å². The Hall–Kier alpha value is -1.91. The second-order valence-corrected chi connectivity index (χ2v) is 2.31. The molecular weight excluding hydrogens is 170 g/mol. The minimum absolute atomic E-state index is 0.368. The van der Waals surface area contributed by atoms with Gasteiger partial charge in [-0.1, -0.05) is 12.6 Å². The Labute approximate surface area is 75.3 Å². The second kappa shape index (κ2) is 4.20. The number of aromatic nitrogens is 1. The number of hydrogen-bond acceptors (Lipinski definition) is 4. The minimum Gasteiger partial charge on any atom is -0.326 e. The molecule has 5 nitrogen and oxygen atoms in total. The molecule has 0 aliphatic carbocycles. The second-order valence-electron chi connectivity index (χ2n) is 2.31. The topological polar surface area (TPSA) is 68.1 Å². The van der Waals surface area contributed by atoms with E-state index in [4.69, 9.17) is 0 Å². The molecule has 1 aromatic rings. The summed E-state index contributed by atoms with van der Waals surface area (Å²) in [4.78, 5) is 14.0. The fraction of sp³-hybridized carbons (Fsp3) is 0.125. The standard InChI is InChI=1S/C8H9N3O2/c1-2-9-8(11(12)13)7-5-3-4-6-10-7/h2-6,8-9H,1H2. The number of rotatable bonds is 4. The first-order valence-electron chi connectivity index (χ1n) is 3.67. The van der Waals surface area contributed by atoms with Gasteiger partial charge in [0, 0.05) is 6.20 Å². The number of nitro groups is 1. The lowest BCUT2D eigenvalue weighted by molar-refractivity contribution is -0.535. The summed E-state index contributed by atoms with van der Waals surface area (Å²) in [6, 6.07) is 4.99. The molecule has 1 rings (SSSR count). The van der Waals surface area contributed by atoms with Crippen LogP contribution in [0.2, 0.25) is 0 Å². The van der Waals surface area contributed by atoms with Crippen LogP contribution in [-0.4, -0.2) is 9.91 Å². The van der Waals surface area contributed by atoms with E-state index >= 15 is 0 Å². The van der Waals surface area contributed by atoms with Gasteiger partial charge in [0.2, 0.25) is 0 Å². The molecule has 0 aliphatic rings.